The van der Waals surface area contributed by atoms with Gasteiger partial charge in [-0.15, -0.1) is 0 Å². The summed E-state index contributed by atoms with van der Waals surface area (Å²) in [5.74, 6) is 0.840. The van der Waals surface area contributed by atoms with Crippen molar-refractivity contribution in [3.63, 3.8) is 0 Å². The van der Waals surface area contributed by atoms with Gasteiger partial charge in [0.05, 0.1) is 13.2 Å². The maximum atomic E-state index is 6.38. The van der Waals surface area contributed by atoms with Gasteiger partial charge in [-0.1, -0.05) is 57.2 Å². The van der Waals surface area contributed by atoms with Gasteiger partial charge in [0.15, 0.2) is 0 Å². The second-order valence-corrected chi connectivity index (χ2v) is 6.11. The molecule has 21 heavy (non-hydrogen) atoms. The molecule has 112 valence electrons. The minimum absolute atomic E-state index is 0.126. The summed E-state index contributed by atoms with van der Waals surface area (Å²) < 4.78 is 5.26. The number of rotatable bonds is 5. The maximum absolute atomic E-state index is 6.38. The molecule has 0 heterocycles. The van der Waals surface area contributed by atoms with Crippen LogP contribution < -0.4 is 10.5 Å². The molecule has 2 N–H and O–H groups in total. The molecule has 0 aromatic heterocycles. The molecule has 2 aromatic rings. The minimum atomic E-state index is -0.126. The van der Waals surface area contributed by atoms with Crippen LogP contribution in [0.5, 0.6) is 5.75 Å². The van der Waals surface area contributed by atoms with Gasteiger partial charge in [-0.25, -0.2) is 0 Å². The Kier molecular flexibility index (Phi) is 4.69. The van der Waals surface area contributed by atoms with Gasteiger partial charge in [0.2, 0.25) is 0 Å². The standard InChI is InChI=1S/C19H25NO/c1-5-19(2,3)16-11-9-14(10-12-16)18(20)15-7-6-8-17(13-15)21-4/h6-13,18H,5,20H2,1-4H3. The second-order valence-electron chi connectivity index (χ2n) is 6.11. The molecule has 1 unspecified atom stereocenters. The molecular formula is C19H25NO. The van der Waals surface area contributed by atoms with Gasteiger partial charge in [-0.3, -0.25) is 0 Å². The van der Waals surface area contributed by atoms with Gasteiger partial charge in [0.25, 0.3) is 0 Å². The van der Waals surface area contributed by atoms with Crippen molar-refractivity contribution in [2.24, 2.45) is 5.73 Å². The summed E-state index contributed by atoms with van der Waals surface area (Å²) in [5.41, 5.74) is 10.1. The Labute approximate surface area is 127 Å². The summed E-state index contributed by atoms with van der Waals surface area (Å²) in [6.07, 6.45) is 1.12. The lowest BCUT2D eigenvalue weighted by Crippen LogP contribution is -2.16. The number of hydrogen-bond acceptors (Lipinski definition) is 2. The third-order valence-electron chi connectivity index (χ3n) is 4.39. The van der Waals surface area contributed by atoms with Gasteiger partial charge in [0, 0.05) is 0 Å². The lowest BCUT2D eigenvalue weighted by molar-refractivity contribution is 0.414. The first-order chi connectivity index (χ1) is 9.97. The number of nitrogens with two attached hydrogens (primary N) is 1. The van der Waals surface area contributed by atoms with E-state index in [1.807, 2.05) is 24.3 Å². The smallest absolute Gasteiger partial charge is 0.119 e. The van der Waals surface area contributed by atoms with Crippen LogP contribution in [0.4, 0.5) is 0 Å². The largest absolute Gasteiger partial charge is 0.497 e. The molecule has 2 rings (SSSR count). The predicted octanol–water partition coefficient (Wildman–Crippen LogP) is 4.43. The summed E-state index contributed by atoms with van der Waals surface area (Å²) in [6.45, 7) is 6.75. The monoisotopic (exact) mass is 283 g/mol. The van der Waals surface area contributed by atoms with Crippen LogP contribution in [0.1, 0.15) is 49.9 Å². The summed E-state index contributed by atoms with van der Waals surface area (Å²) in [7, 11) is 1.67. The lowest BCUT2D eigenvalue weighted by atomic mass is 9.81. The van der Waals surface area contributed by atoms with E-state index in [0.29, 0.717) is 0 Å². The van der Waals surface area contributed by atoms with Crippen molar-refractivity contribution in [2.75, 3.05) is 7.11 Å². The molecule has 0 amide bonds. The Morgan fingerprint density at radius 2 is 1.71 bits per heavy atom. The molecule has 0 radical (unpaired) electrons. The fourth-order valence-electron chi connectivity index (χ4n) is 2.37. The van der Waals surface area contributed by atoms with E-state index in [9.17, 15) is 0 Å². The highest BCUT2D eigenvalue weighted by Gasteiger charge is 2.18. The summed E-state index contributed by atoms with van der Waals surface area (Å²) in [4.78, 5) is 0. The van der Waals surface area contributed by atoms with Gasteiger partial charge in [-0.05, 0) is 40.7 Å². The zero-order valence-corrected chi connectivity index (χ0v) is 13.4. The Morgan fingerprint density at radius 1 is 1.05 bits per heavy atom. The third kappa shape index (κ3) is 3.45. The second kappa shape index (κ2) is 6.31. The van der Waals surface area contributed by atoms with Crippen molar-refractivity contribution >= 4 is 0 Å². The Hall–Kier alpha value is -1.80. The van der Waals surface area contributed by atoms with E-state index < -0.39 is 0 Å². The van der Waals surface area contributed by atoms with E-state index in [1.54, 1.807) is 7.11 Å². The molecule has 1 atom stereocenters. The van der Waals surface area contributed by atoms with Crippen molar-refractivity contribution in [3.05, 3.63) is 65.2 Å². The Balaban J connectivity index is 2.25. The Bertz CT molecular complexity index is 587. The molecule has 0 fully saturated rings. The average molecular weight is 283 g/mol. The van der Waals surface area contributed by atoms with Crippen LogP contribution in [0.15, 0.2) is 48.5 Å². The molecule has 0 saturated heterocycles. The van der Waals surface area contributed by atoms with E-state index in [-0.39, 0.29) is 11.5 Å². The normalized spacial score (nSPS) is 13.0. The first kappa shape index (κ1) is 15.6. The van der Waals surface area contributed by atoms with Crippen molar-refractivity contribution in [1.82, 2.24) is 0 Å². The number of methoxy groups -OCH3 is 1. The number of ether oxygens (including phenoxy) is 1. The van der Waals surface area contributed by atoms with Crippen molar-refractivity contribution < 1.29 is 4.74 Å². The molecule has 0 saturated carbocycles. The highest BCUT2D eigenvalue weighted by molar-refractivity contribution is 5.38. The zero-order chi connectivity index (χ0) is 15.5. The molecule has 0 aliphatic carbocycles. The molecule has 0 bridgehead atoms. The third-order valence-corrected chi connectivity index (χ3v) is 4.39. The van der Waals surface area contributed by atoms with Gasteiger partial charge in [-0.2, -0.15) is 0 Å². The van der Waals surface area contributed by atoms with Gasteiger partial charge in [0.1, 0.15) is 5.75 Å². The van der Waals surface area contributed by atoms with E-state index >= 15 is 0 Å². The first-order valence-electron chi connectivity index (χ1n) is 7.48. The maximum Gasteiger partial charge on any atom is 0.119 e. The van der Waals surface area contributed by atoms with Crippen LogP contribution in [-0.2, 0) is 5.41 Å². The quantitative estimate of drug-likeness (QED) is 0.881. The van der Waals surface area contributed by atoms with Gasteiger partial charge >= 0.3 is 0 Å². The van der Waals surface area contributed by atoms with Crippen molar-refractivity contribution in [3.8, 4) is 5.75 Å². The molecule has 0 aliphatic heterocycles. The molecule has 2 nitrogen and oxygen atoms in total. The average Bonchev–Trinajstić information content (AvgIpc) is 2.54. The molecule has 0 spiro atoms. The van der Waals surface area contributed by atoms with E-state index in [1.165, 1.54) is 5.56 Å². The molecule has 0 aliphatic rings. The van der Waals surface area contributed by atoms with Crippen LogP contribution in [0, 0.1) is 0 Å². The van der Waals surface area contributed by atoms with Crippen LogP contribution in [0.25, 0.3) is 0 Å². The van der Waals surface area contributed by atoms with E-state index in [0.717, 1.165) is 23.3 Å². The summed E-state index contributed by atoms with van der Waals surface area (Å²) in [5, 5.41) is 0. The zero-order valence-electron chi connectivity index (χ0n) is 13.4. The van der Waals surface area contributed by atoms with Crippen LogP contribution >= 0.6 is 0 Å². The number of benzene rings is 2. The van der Waals surface area contributed by atoms with Crippen molar-refractivity contribution in [2.45, 2.75) is 38.6 Å². The van der Waals surface area contributed by atoms with Crippen molar-refractivity contribution in [1.29, 1.82) is 0 Å². The fraction of sp³-hybridized carbons (Fsp3) is 0.368. The van der Waals surface area contributed by atoms with Crippen LogP contribution in [-0.4, -0.2) is 7.11 Å². The molecule has 2 heteroatoms. The predicted molar refractivity (Wildman–Crippen MR) is 88.8 cm³/mol. The van der Waals surface area contributed by atoms with E-state index in [2.05, 4.69) is 45.0 Å². The highest BCUT2D eigenvalue weighted by atomic mass is 16.5. The van der Waals surface area contributed by atoms with E-state index in [4.69, 9.17) is 10.5 Å². The fourth-order valence-corrected chi connectivity index (χ4v) is 2.37. The summed E-state index contributed by atoms with van der Waals surface area (Å²) >= 11 is 0. The summed E-state index contributed by atoms with van der Waals surface area (Å²) in [6, 6.07) is 16.5. The molecule has 2 aromatic carbocycles. The first-order valence-corrected chi connectivity index (χ1v) is 7.48. The van der Waals surface area contributed by atoms with Crippen LogP contribution in [0.3, 0.4) is 0 Å². The highest BCUT2D eigenvalue weighted by Crippen LogP contribution is 2.29. The lowest BCUT2D eigenvalue weighted by Gasteiger charge is -2.24. The van der Waals surface area contributed by atoms with Gasteiger partial charge < -0.3 is 10.5 Å². The Morgan fingerprint density at radius 3 is 2.29 bits per heavy atom. The SMILES string of the molecule is CCC(C)(C)c1ccc(C(N)c2cccc(OC)c2)cc1. The number of hydrogen-bond donors (Lipinski definition) is 1. The topological polar surface area (TPSA) is 35.2 Å². The molecular weight excluding hydrogens is 258 g/mol. The minimum Gasteiger partial charge on any atom is -0.497 e. The van der Waals surface area contributed by atoms with Crippen LogP contribution in [0.2, 0.25) is 0 Å².